The minimum Gasteiger partial charge on any atom is -0.326 e. The molecule has 0 saturated carbocycles. The van der Waals surface area contributed by atoms with E-state index in [2.05, 4.69) is 16.0 Å². The predicted octanol–water partition coefficient (Wildman–Crippen LogP) is 5.20. The first kappa shape index (κ1) is 26.3. The molecule has 2 aromatic carbocycles. The molecule has 0 spiro atoms. The van der Waals surface area contributed by atoms with Crippen LogP contribution in [0.25, 0.3) is 0 Å². The molecule has 35 heavy (non-hydrogen) atoms. The minimum absolute atomic E-state index is 0.00781. The summed E-state index contributed by atoms with van der Waals surface area (Å²) in [6.07, 6.45) is -10.3. The van der Waals surface area contributed by atoms with E-state index in [1.807, 2.05) is 0 Å². The van der Waals surface area contributed by atoms with Crippen molar-refractivity contribution in [3.05, 3.63) is 58.1 Å². The molecule has 3 atom stereocenters. The number of amides is 2. The zero-order valence-electron chi connectivity index (χ0n) is 17.8. The Labute approximate surface area is 200 Å². The number of nitriles is 1. The maximum atomic E-state index is 13.7. The Morgan fingerprint density at radius 3 is 2.31 bits per heavy atom. The molecule has 13 heteroatoms. The summed E-state index contributed by atoms with van der Waals surface area (Å²) in [6.45, 7) is 1.27. The van der Waals surface area contributed by atoms with Crippen LogP contribution in [0.4, 0.5) is 37.7 Å². The summed E-state index contributed by atoms with van der Waals surface area (Å²) >= 11 is 6.08. The first-order chi connectivity index (χ1) is 16.2. The van der Waals surface area contributed by atoms with Gasteiger partial charge in [0.2, 0.25) is 11.8 Å². The van der Waals surface area contributed by atoms with E-state index >= 15 is 0 Å². The predicted molar refractivity (Wildman–Crippen MR) is 115 cm³/mol. The topological polar surface area (TPSA) is 94.0 Å². The number of benzene rings is 2. The molecule has 0 bridgehead atoms. The maximum absolute atomic E-state index is 13.7. The average Bonchev–Trinajstić information content (AvgIpc) is 3.20. The summed E-state index contributed by atoms with van der Waals surface area (Å²) in [5.41, 5.74) is -1.98. The van der Waals surface area contributed by atoms with Gasteiger partial charge in [0.05, 0.1) is 33.9 Å². The van der Waals surface area contributed by atoms with Gasteiger partial charge in [-0.1, -0.05) is 17.7 Å². The molecule has 1 aliphatic rings. The Bertz CT molecular complexity index is 1190. The summed E-state index contributed by atoms with van der Waals surface area (Å²) in [5.74, 6) is -2.76. The van der Waals surface area contributed by atoms with Gasteiger partial charge >= 0.3 is 12.4 Å². The molecule has 6 nitrogen and oxygen atoms in total. The minimum atomic E-state index is -4.95. The van der Waals surface area contributed by atoms with E-state index in [1.165, 1.54) is 31.2 Å². The second kappa shape index (κ2) is 9.75. The summed E-state index contributed by atoms with van der Waals surface area (Å²) < 4.78 is 81.2. The Morgan fingerprint density at radius 1 is 1.09 bits per heavy atom. The highest BCUT2D eigenvalue weighted by molar-refractivity contribution is 6.34. The molecule has 2 aromatic rings. The van der Waals surface area contributed by atoms with Crippen LogP contribution < -0.4 is 16.0 Å². The van der Waals surface area contributed by atoms with Gasteiger partial charge in [-0.05, 0) is 42.3 Å². The fraction of sp³-hybridized carbons (Fsp3) is 0.318. The fourth-order valence-electron chi connectivity index (χ4n) is 3.87. The molecule has 1 saturated heterocycles. The van der Waals surface area contributed by atoms with E-state index in [0.29, 0.717) is 11.8 Å². The average molecular weight is 519 g/mol. The highest BCUT2D eigenvalue weighted by Gasteiger charge is 2.52. The first-order valence-corrected chi connectivity index (χ1v) is 10.4. The van der Waals surface area contributed by atoms with Gasteiger partial charge in [0.15, 0.2) is 0 Å². The third kappa shape index (κ3) is 6.04. The number of hydrogen-bond acceptors (Lipinski definition) is 4. The van der Waals surface area contributed by atoms with Crippen LogP contribution in [0, 0.1) is 11.3 Å². The van der Waals surface area contributed by atoms with E-state index < -0.39 is 53.8 Å². The number of nitrogens with one attached hydrogen (secondary N) is 3. The second-order valence-electron chi connectivity index (χ2n) is 7.86. The molecular weight excluding hydrogens is 502 g/mol. The quantitative estimate of drug-likeness (QED) is 0.485. The Morgan fingerprint density at radius 2 is 1.77 bits per heavy atom. The second-order valence-corrected chi connectivity index (χ2v) is 8.27. The number of carbonyl (C=O) groups is 2. The van der Waals surface area contributed by atoms with Gasteiger partial charge in [0.25, 0.3) is 0 Å². The number of nitrogens with zero attached hydrogens (tertiary/aromatic N) is 1. The van der Waals surface area contributed by atoms with Crippen molar-refractivity contribution in [2.24, 2.45) is 0 Å². The molecule has 0 radical (unpaired) electrons. The molecule has 1 aliphatic heterocycles. The zero-order valence-corrected chi connectivity index (χ0v) is 18.6. The maximum Gasteiger partial charge on any atom is 0.417 e. The number of rotatable bonds is 4. The highest BCUT2D eigenvalue weighted by atomic mass is 35.5. The molecule has 1 heterocycles. The zero-order chi connectivity index (χ0) is 26.1. The van der Waals surface area contributed by atoms with E-state index in [9.17, 15) is 35.9 Å². The van der Waals surface area contributed by atoms with Crippen molar-refractivity contribution >= 4 is 34.8 Å². The van der Waals surface area contributed by atoms with Crippen molar-refractivity contribution in [2.75, 3.05) is 10.6 Å². The van der Waals surface area contributed by atoms with Crippen molar-refractivity contribution in [2.45, 2.75) is 43.7 Å². The van der Waals surface area contributed by atoms with Gasteiger partial charge in [-0.2, -0.15) is 31.6 Å². The molecular formula is C22H17ClF6N4O2. The summed E-state index contributed by atoms with van der Waals surface area (Å²) in [6, 6.07) is 4.12. The normalized spacial score (nSPS) is 20.3. The lowest BCUT2D eigenvalue weighted by Gasteiger charge is -2.23. The summed E-state index contributed by atoms with van der Waals surface area (Å²) in [5, 5.41) is 16.0. The smallest absolute Gasteiger partial charge is 0.326 e. The van der Waals surface area contributed by atoms with E-state index in [4.69, 9.17) is 16.9 Å². The van der Waals surface area contributed by atoms with Crippen LogP contribution in [0.3, 0.4) is 0 Å². The third-order valence-corrected chi connectivity index (χ3v) is 5.70. The molecule has 3 unspecified atom stereocenters. The van der Waals surface area contributed by atoms with E-state index in [1.54, 1.807) is 0 Å². The lowest BCUT2D eigenvalue weighted by Crippen LogP contribution is -2.46. The standard InChI is InChI=1S/C22H17ClF6N4O2/c1-10(34)31-13-4-5-17(16(23)7-13)33-20(35)18-8-14(19(32-18)22(27,28)29)11-2-3-12(9-30)15(6-11)21(24,25)26/h2-7,14,18-19,32H,8H2,1H3,(H,31,34)(H,33,35). The van der Waals surface area contributed by atoms with Gasteiger partial charge in [0.1, 0.15) is 6.04 Å². The molecule has 186 valence electrons. The lowest BCUT2D eigenvalue weighted by molar-refractivity contribution is -0.156. The van der Waals surface area contributed by atoms with Crippen molar-refractivity contribution < 1.29 is 35.9 Å². The van der Waals surface area contributed by atoms with Crippen molar-refractivity contribution in [1.29, 1.82) is 5.26 Å². The van der Waals surface area contributed by atoms with Crippen molar-refractivity contribution in [3.8, 4) is 6.07 Å². The third-order valence-electron chi connectivity index (χ3n) is 5.39. The number of anilines is 2. The van der Waals surface area contributed by atoms with Crippen LogP contribution in [0.2, 0.25) is 5.02 Å². The van der Waals surface area contributed by atoms with Gasteiger partial charge in [-0.15, -0.1) is 0 Å². The van der Waals surface area contributed by atoms with E-state index in [-0.39, 0.29) is 22.2 Å². The molecule has 0 aromatic heterocycles. The Balaban J connectivity index is 1.87. The molecule has 3 rings (SSSR count). The SMILES string of the molecule is CC(=O)Nc1ccc(NC(=O)C2CC(c3ccc(C#N)c(C(F)(F)F)c3)C(C(F)(F)F)N2)c(Cl)c1. The van der Waals surface area contributed by atoms with E-state index in [0.717, 1.165) is 12.1 Å². The van der Waals surface area contributed by atoms with Gasteiger partial charge in [-0.3, -0.25) is 14.9 Å². The summed E-state index contributed by atoms with van der Waals surface area (Å²) in [7, 11) is 0. The number of halogens is 7. The fourth-order valence-corrected chi connectivity index (χ4v) is 4.09. The monoisotopic (exact) mass is 518 g/mol. The first-order valence-electron chi connectivity index (χ1n) is 10.0. The van der Waals surface area contributed by atoms with Crippen LogP contribution >= 0.6 is 11.6 Å². The highest BCUT2D eigenvalue weighted by Crippen LogP contribution is 2.42. The van der Waals surface area contributed by atoms with Gasteiger partial charge in [0, 0.05) is 18.5 Å². The Hall–Kier alpha value is -3.30. The molecule has 2 amide bonds. The number of carbonyl (C=O) groups excluding carboxylic acids is 2. The van der Waals surface area contributed by atoms with Crippen molar-refractivity contribution in [3.63, 3.8) is 0 Å². The van der Waals surface area contributed by atoms with Crippen molar-refractivity contribution in [1.82, 2.24) is 5.32 Å². The molecule has 1 fully saturated rings. The van der Waals surface area contributed by atoms with Crippen LogP contribution in [0.5, 0.6) is 0 Å². The van der Waals surface area contributed by atoms with Crippen LogP contribution in [-0.2, 0) is 15.8 Å². The van der Waals surface area contributed by atoms with Gasteiger partial charge < -0.3 is 10.6 Å². The molecule has 0 aliphatic carbocycles. The number of alkyl halides is 6. The lowest BCUT2D eigenvalue weighted by atomic mass is 9.88. The number of hydrogen-bond donors (Lipinski definition) is 3. The van der Waals surface area contributed by atoms with Gasteiger partial charge in [-0.25, -0.2) is 0 Å². The largest absolute Gasteiger partial charge is 0.417 e. The molecule has 3 N–H and O–H groups in total. The van der Waals surface area contributed by atoms with Crippen LogP contribution in [0.15, 0.2) is 36.4 Å². The van der Waals surface area contributed by atoms with Crippen LogP contribution in [-0.4, -0.2) is 30.1 Å². The summed E-state index contributed by atoms with van der Waals surface area (Å²) in [4.78, 5) is 23.8. The van der Waals surface area contributed by atoms with Crippen LogP contribution in [0.1, 0.15) is 36.0 Å². The Kier molecular flexibility index (Phi) is 7.33.